The zero-order valence-electron chi connectivity index (χ0n) is 13.8. The number of carboxylic acid groups (broad SMARTS) is 1. The van der Waals surface area contributed by atoms with Gasteiger partial charge in [0.2, 0.25) is 5.75 Å². The fourth-order valence-corrected chi connectivity index (χ4v) is 2.33. The Balaban J connectivity index is 2.39. The van der Waals surface area contributed by atoms with Crippen LogP contribution in [0.3, 0.4) is 0 Å². The number of nitrogens with one attached hydrogen (secondary N) is 1. The number of carbonyl (C=O) groups excluding carboxylic acids is 1. The first-order valence-electron chi connectivity index (χ1n) is 7.05. The molecule has 2 rings (SSSR count). The van der Waals surface area contributed by atoms with Gasteiger partial charge in [-0.1, -0.05) is 11.6 Å². The number of methoxy groups -OCH3 is 3. The smallest absolute Gasteiger partial charge is 0.335 e. The zero-order valence-corrected chi connectivity index (χ0v) is 14.5. The minimum atomic E-state index is -1.13. The highest BCUT2D eigenvalue weighted by Crippen LogP contribution is 2.38. The van der Waals surface area contributed by atoms with Crippen LogP contribution in [-0.4, -0.2) is 38.3 Å². The lowest BCUT2D eigenvalue weighted by Gasteiger charge is -2.14. The highest BCUT2D eigenvalue weighted by molar-refractivity contribution is 6.34. The molecule has 2 aromatic carbocycles. The largest absolute Gasteiger partial charge is 0.493 e. The van der Waals surface area contributed by atoms with Crippen LogP contribution in [0.5, 0.6) is 17.2 Å². The average molecular weight is 366 g/mol. The molecule has 0 aliphatic rings. The van der Waals surface area contributed by atoms with Crippen molar-refractivity contribution >= 4 is 29.2 Å². The van der Waals surface area contributed by atoms with Crippen LogP contribution in [-0.2, 0) is 0 Å². The SMILES string of the molecule is COc1cc(C(=O)Nc2cc(C(=O)O)ccc2Cl)cc(OC)c1OC. The Morgan fingerprint density at radius 2 is 1.56 bits per heavy atom. The molecule has 0 fully saturated rings. The maximum Gasteiger partial charge on any atom is 0.335 e. The predicted molar refractivity (Wildman–Crippen MR) is 92.5 cm³/mol. The number of ether oxygens (including phenoxy) is 3. The molecule has 0 unspecified atom stereocenters. The summed E-state index contributed by atoms with van der Waals surface area (Å²) in [5.74, 6) is -0.647. The molecule has 7 nitrogen and oxygen atoms in total. The maximum atomic E-state index is 12.5. The van der Waals surface area contributed by atoms with E-state index in [0.717, 1.165) is 0 Å². The minimum Gasteiger partial charge on any atom is -0.493 e. The molecule has 2 aromatic rings. The van der Waals surface area contributed by atoms with E-state index >= 15 is 0 Å². The van der Waals surface area contributed by atoms with E-state index in [-0.39, 0.29) is 21.8 Å². The molecule has 132 valence electrons. The summed E-state index contributed by atoms with van der Waals surface area (Å²) in [6.45, 7) is 0. The summed E-state index contributed by atoms with van der Waals surface area (Å²) >= 11 is 6.02. The summed E-state index contributed by atoms with van der Waals surface area (Å²) in [5.41, 5.74) is 0.413. The van der Waals surface area contributed by atoms with Crippen molar-refractivity contribution in [3.8, 4) is 17.2 Å². The second-order valence-electron chi connectivity index (χ2n) is 4.87. The molecule has 0 aliphatic carbocycles. The van der Waals surface area contributed by atoms with Crippen LogP contribution < -0.4 is 19.5 Å². The van der Waals surface area contributed by atoms with Gasteiger partial charge in [-0.3, -0.25) is 4.79 Å². The first kappa shape index (κ1) is 18.4. The third-order valence-corrected chi connectivity index (χ3v) is 3.72. The fraction of sp³-hybridized carbons (Fsp3) is 0.176. The van der Waals surface area contributed by atoms with Crippen molar-refractivity contribution in [2.75, 3.05) is 26.6 Å². The number of halogens is 1. The third-order valence-electron chi connectivity index (χ3n) is 3.39. The number of hydrogen-bond donors (Lipinski definition) is 2. The average Bonchev–Trinajstić information content (AvgIpc) is 2.61. The Morgan fingerprint density at radius 1 is 0.960 bits per heavy atom. The minimum absolute atomic E-state index is 0.00425. The number of rotatable bonds is 6. The molecule has 0 saturated heterocycles. The van der Waals surface area contributed by atoms with E-state index in [9.17, 15) is 9.59 Å². The predicted octanol–water partition coefficient (Wildman–Crippen LogP) is 3.32. The second-order valence-corrected chi connectivity index (χ2v) is 5.28. The van der Waals surface area contributed by atoms with Crippen molar-refractivity contribution in [2.45, 2.75) is 0 Å². The molecular formula is C17H16ClNO6. The molecule has 8 heteroatoms. The standard InChI is InChI=1S/C17H16ClNO6/c1-23-13-7-10(8-14(24-2)15(13)25-3)16(20)19-12-6-9(17(21)22)4-5-11(12)18/h4-8H,1-3H3,(H,19,20)(H,21,22). The normalized spacial score (nSPS) is 10.1. The van der Waals surface area contributed by atoms with Crippen LogP contribution in [0.2, 0.25) is 5.02 Å². The first-order chi connectivity index (χ1) is 11.9. The van der Waals surface area contributed by atoms with Gasteiger partial charge < -0.3 is 24.6 Å². The monoisotopic (exact) mass is 365 g/mol. The molecule has 0 heterocycles. The van der Waals surface area contributed by atoms with Crippen LogP contribution in [0.15, 0.2) is 30.3 Å². The summed E-state index contributed by atoms with van der Waals surface area (Å²) in [4.78, 5) is 23.6. The Hall–Kier alpha value is -2.93. The van der Waals surface area contributed by atoms with Crippen molar-refractivity contribution < 1.29 is 28.9 Å². The van der Waals surface area contributed by atoms with Gasteiger partial charge in [-0.2, -0.15) is 0 Å². The molecule has 0 aliphatic heterocycles. The van der Waals surface area contributed by atoms with Crippen molar-refractivity contribution in [1.82, 2.24) is 0 Å². The van der Waals surface area contributed by atoms with Crippen molar-refractivity contribution in [3.63, 3.8) is 0 Å². The lowest BCUT2D eigenvalue weighted by molar-refractivity contribution is 0.0696. The number of carboxylic acids is 1. The van der Waals surface area contributed by atoms with Gasteiger partial charge in [0.1, 0.15) is 0 Å². The van der Waals surface area contributed by atoms with Gasteiger partial charge in [0.05, 0.1) is 37.6 Å². The van der Waals surface area contributed by atoms with Crippen LogP contribution in [0.25, 0.3) is 0 Å². The van der Waals surface area contributed by atoms with E-state index in [1.807, 2.05) is 0 Å². The fourth-order valence-electron chi connectivity index (χ4n) is 2.16. The molecule has 0 aromatic heterocycles. The van der Waals surface area contributed by atoms with E-state index in [2.05, 4.69) is 5.32 Å². The number of benzene rings is 2. The van der Waals surface area contributed by atoms with E-state index < -0.39 is 11.9 Å². The van der Waals surface area contributed by atoms with E-state index in [1.165, 1.54) is 51.7 Å². The van der Waals surface area contributed by atoms with Gasteiger partial charge in [0, 0.05) is 5.56 Å². The summed E-state index contributed by atoms with van der Waals surface area (Å²) < 4.78 is 15.6. The Bertz CT molecular complexity index is 796. The zero-order chi connectivity index (χ0) is 18.6. The number of anilines is 1. The van der Waals surface area contributed by atoms with Gasteiger partial charge in [0.25, 0.3) is 5.91 Å². The van der Waals surface area contributed by atoms with Gasteiger partial charge in [-0.15, -0.1) is 0 Å². The molecule has 1 amide bonds. The summed E-state index contributed by atoms with van der Waals surface area (Å²) in [6, 6.07) is 6.98. The van der Waals surface area contributed by atoms with E-state index in [0.29, 0.717) is 17.2 Å². The molecule has 2 N–H and O–H groups in total. The van der Waals surface area contributed by atoms with Gasteiger partial charge >= 0.3 is 5.97 Å². The summed E-state index contributed by atoms with van der Waals surface area (Å²) in [5, 5.41) is 11.8. The molecule has 0 spiro atoms. The van der Waals surface area contributed by atoms with Crippen LogP contribution in [0, 0.1) is 0 Å². The third kappa shape index (κ3) is 3.95. The molecule has 0 atom stereocenters. The summed E-state index contributed by atoms with van der Waals surface area (Å²) in [7, 11) is 4.33. The lowest BCUT2D eigenvalue weighted by atomic mass is 10.1. The Labute approximate surface area is 149 Å². The Kier molecular flexibility index (Phi) is 5.71. The van der Waals surface area contributed by atoms with Crippen LogP contribution in [0.4, 0.5) is 5.69 Å². The second kappa shape index (κ2) is 7.76. The van der Waals surface area contributed by atoms with E-state index in [1.54, 1.807) is 0 Å². The topological polar surface area (TPSA) is 94.1 Å². The van der Waals surface area contributed by atoms with Crippen LogP contribution in [0.1, 0.15) is 20.7 Å². The highest BCUT2D eigenvalue weighted by atomic mass is 35.5. The number of amides is 1. The first-order valence-corrected chi connectivity index (χ1v) is 7.43. The lowest BCUT2D eigenvalue weighted by Crippen LogP contribution is -2.13. The molecular weight excluding hydrogens is 350 g/mol. The molecule has 0 radical (unpaired) electrons. The van der Waals surface area contributed by atoms with Crippen molar-refractivity contribution in [2.24, 2.45) is 0 Å². The number of aromatic carboxylic acids is 1. The van der Waals surface area contributed by atoms with Gasteiger partial charge in [-0.05, 0) is 30.3 Å². The van der Waals surface area contributed by atoms with Crippen molar-refractivity contribution in [1.29, 1.82) is 0 Å². The van der Waals surface area contributed by atoms with Crippen molar-refractivity contribution in [3.05, 3.63) is 46.5 Å². The Morgan fingerprint density at radius 3 is 2.04 bits per heavy atom. The number of carbonyl (C=O) groups is 2. The highest BCUT2D eigenvalue weighted by Gasteiger charge is 2.18. The number of hydrogen-bond acceptors (Lipinski definition) is 5. The molecule has 0 saturated carbocycles. The summed E-state index contributed by atoms with van der Waals surface area (Å²) in [6.07, 6.45) is 0. The van der Waals surface area contributed by atoms with E-state index in [4.69, 9.17) is 30.9 Å². The molecule has 25 heavy (non-hydrogen) atoms. The maximum absolute atomic E-state index is 12.5. The van der Waals surface area contributed by atoms with Gasteiger partial charge in [0.15, 0.2) is 11.5 Å². The van der Waals surface area contributed by atoms with Gasteiger partial charge in [-0.25, -0.2) is 4.79 Å². The molecule has 0 bridgehead atoms. The van der Waals surface area contributed by atoms with Crippen LogP contribution >= 0.6 is 11.6 Å². The quantitative estimate of drug-likeness (QED) is 0.815.